The average molecular weight is 339 g/mol. The Bertz CT molecular complexity index is 1000. The third-order valence-corrected chi connectivity index (χ3v) is 5.61. The lowest BCUT2D eigenvalue weighted by molar-refractivity contribution is -0.115. The van der Waals surface area contributed by atoms with Crippen LogP contribution in [0.2, 0.25) is 0 Å². The van der Waals surface area contributed by atoms with Crippen molar-refractivity contribution in [2.24, 2.45) is 0 Å². The predicted octanol–water partition coefficient (Wildman–Crippen LogP) is 4.40. The number of aromatic nitrogens is 2. The molecule has 114 valence electrons. The molecule has 23 heavy (non-hydrogen) atoms. The van der Waals surface area contributed by atoms with Gasteiger partial charge < -0.3 is 5.32 Å². The van der Waals surface area contributed by atoms with Gasteiger partial charge in [0.25, 0.3) is 0 Å². The molecule has 0 saturated carbocycles. The van der Waals surface area contributed by atoms with Crippen molar-refractivity contribution in [3.8, 4) is 0 Å². The zero-order valence-corrected chi connectivity index (χ0v) is 14.0. The highest BCUT2D eigenvalue weighted by Gasteiger charge is 2.12. The van der Waals surface area contributed by atoms with E-state index in [2.05, 4.69) is 15.3 Å². The standard InChI is InChI=1S/C17H13N3OS2/c1-10-18-12-7-8-13-16(15(12)22-10)23-17(19-13)20-14(21)9-11-5-3-2-4-6-11/h2-8H,9H2,1H3,(H,19,20,21). The van der Waals surface area contributed by atoms with Crippen LogP contribution in [0.3, 0.4) is 0 Å². The van der Waals surface area contributed by atoms with E-state index in [4.69, 9.17) is 0 Å². The van der Waals surface area contributed by atoms with Crippen molar-refractivity contribution < 1.29 is 4.79 Å². The largest absolute Gasteiger partial charge is 0.302 e. The predicted molar refractivity (Wildman–Crippen MR) is 96.3 cm³/mol. The molecule has 0 spiro atoms. The Morgan fingerprint density at radius 1 is 1.00 bits per heavy atom. The van der Waals surface area contributed by atoms with Gasteiger partial charge in [0.2, 0.25) is 5.91 Å². The van der Waals surface area contributed by atoms with Crippen LogP contribution >= 0.6 is 22.7 Å². The lowest BCUT2D eigenvalue weighted by Gasteiger charge is -2.01. The lowest BCUT2D eigenvalue weighted by Crippen LogP contribution is -2.13. The molecule has 1 amide bonds. The Morgan fingerprint density at radius 3 is 2.48 bits per heavy atom. The van der Waals surface area contributed by atoms with E-state index < -0.39 is 0 Å². The van der Waals surface area contributed by atoms with Crippen LogP contribution in [0, 0.1) is 6.92 Å². The zero-order chi connectivity index (χ0) is 15.8. The van der Waals surface area contributed by atoms with Crippen molar-refractivity contribution in [1.82, 2.24) is 9.97 Å². The summed E-state index contributed by atoms with van der Waals surface area (Å²) in [5, 5.41) is 4.58. The van der Waals surface area contributed by atoms with E-state index in [-0.39, 0.29) is 5.91 Å². The van der Waals surface area contributed by atoms with Crippen molar-refractivity contribution in [1.29, 1.82) is 0 Å². The Balaban J connectivity index is 1.62. The van der Waals surface area contributed by atoms with Gasteiger partial charge in [0, 0.05) is 0 Å². The van der Waals surface area contributed by atoms with Crippen LogP contribution in [0.1, 0.15) is 10.6 Å². The molecule has 4 rings (SSSR count). The van der Waals surface area contributed by atoms with Gasteiger partial charge in [-0.1, -0.05) is 41.7 Å². The van der Waals surface area contributed by atoms with Gasteiger partial charge in [-0.05, 0) is 24.6 Å². The number of carbonyl (C=O) groups excluding carboxylic acids is 1. The fourth-order valence-corrected chi connectivity index (χ4v) is 4.51. The van der Waals surface area contributed by atoms with Crippen molar-refractivity contribution >= 4 is 54.1 Å². The second-order valence-corrected chi connectivity index (χ2v) is 7.43. The molecule has 0 unspecified atom stereocenters. The van der Waals surface area contributed by atoms with Crippen molar-refractivity contribution in [2.45, 2.75) is 13.3 Å². The lowest BCUT2D eigenvalue weighted by atomic mass is 10.1. The second kappa shape index (κ2) is 5.72. The van der Waals surface area contributed by atoms with Gasteiger partial charge in [-0.3, -0.25) is 4.79 Å². The zero-order valence-electron chi connectivity index (χ0n) is 12.4. The van der Waals surface area contributed by atoms with Crippen LogP contribution in [-0.2, 0) is 11.2 Å². The number of hydrogen-bond donors (Lipinski definition) is 1. The van der Waals surface area contributed by atoms with Crippen molar-refractivity contribution in [3.05, 3.63) is 53.0 Å². The van der Waals surface area contributed by atoms with Gasteiger partial charge in [0.1, 0.15) is 0 Å². The quantitative estimate of drug-likeness (QED) is 0.602. The highest BCUT2D eigenvalue weighted by Crippen LogP contribution is 2.35. The molecule has 0 aliphatic heterocycles. The van der Waals surface area contributed by atoms with Gasteiger partial charge in [-0.15, -0.1) is 11.3 Å². The van der Waals surface area contributed by atoms with Gasteiger partial charge in [-0.2, -0.15) is 0 Å². The number of fused-ring (bicyclic) bond motifs is 3. The van der Waals surface area contributed by atoms with E-state index in [0.29, 0.717) is 11.6 Å². The van der Waals surface area contributed by atoms with Gasteiger partial charge in [0.05, 0.1) is 31.9 Å². The third kappa shape index (κ3) is 2.83. The Labute approximate surface area is 140 Å². The molecule has 2 aromatic heterocycles. The number of thiazole rings is 2. The smallest absolute Gasteiger partial charge is 0.230 e. The summed E-state index contributed by atoms with van der Waals surface area (Å²) < 4.78 is 2.23. The summed E-state index contributed by atoms with van der Waals surface area (Å²) in [6.07, 6.45) is 0.353. The maximum Gasteiger partial charge on any atom is 0.230 e. The summed E-state index contributed by atoms with van der Waals surface area (Å²) >= 11 is 3.17. The molecule has 0 saturated heterocycles. The Morgan fingerprint density at radius 2 is 1.70 bits per heavy atom. The molecule has 4 aromatic rings. The molecular weight excluding hydrogens is 326 g/mol. The molecule has 2 aromatic carbocycles. The molecule has 6 heteroatoms. The minimum absolute atomic E-state index is 0.0491. The summed E-state index contributed by atoms with van der Waals surface area (Å²) in [5.41, 5.74) is 2.89. The fourth-order valence-electron chi connectivity index (χ4n) is 2.48. The SMILES string of the molecule is Cc1nc2ccc3nc(NC(=O)Cc4ccccc4)sc3c2s1. The molecule has 1 N–H and O–H groups in total. The van der Waals surface area contributed by atoms with Crippen LogP contribution < -0.4 is 5.32 Å². The first-order valence-corrected chi connectivity index (χ1v) is 8.83. The van der Waals surface area contributed by atoms with Crippen LogP contribution in [0.25, 0.3) is 20.4 Å². The molecule has 2 heterocycles. The molecule has 0 atom stereocenters. The second-order valence-electron chi connectivity index (χ2n) is 5.22. The van der Waals surface area contributed by atoms with Gasteiger partial charge in [0.15, 0.2) is 5.13 Å². The van der Waals surface area contributed by atoms with Gasteiger partial charge >= 0.3 is 0 Å². The topological polar surface area (TPSA) is 54.9 Å². The average Bonchev–Trinajstić information content (AvgIpc) is 3.09. The molecular formula is C17H13N3OS2. The van der Waals surface area contributed by atoms with Crippen molar-refractivity contribution in [3.63, 3.8) is 0 Å². The number of nitrogens with one attached hydrogen (secondary N) is 1. The number of aryl methyl sites for hydroxylation is 1. The number of benzene rings is 2. The molecule has 0 aliphatic rings. The number of rotatable bonds is 3. The number of anilines is 1. The molecule has 0 fully saturated rings. The summed E-state index contributed by atoms with van der Waals surface area (Å²) in [6, 6.07) is 13.6. The highest BCUT2D eigenvalue weighted by atomic mass is 32.1. The minimum atomic E-state index is -0.0491. The van der Waals surface area contributed by atoms with E-state index in [1.165, 1.54) is 11.3 Å². The summed E-state index contributed by atoms with van der Waals surface area (Å²) in [5.74, 6) is -0.0491. The van der Waals surface area contributed by atoms with E-state index in [0.717, 1.165) is 31.0 Å². The Kier molecular flexibility index (Phi) is 3.55. The molecule has 4 nitrogen and oxygen atoms in total. The van der Waals surface area contributed by atoms with Crippen LogP contribution in [0.5, 0.6) is 0 Å². The normalized spacial score (nSPS) is 11.2. The molecule has 0 radical (unpaired) electrons. The van der Waals surface area contributed by atoms with Crippen LogP contribution in [-0.4, -0.2) is 15.9 Å². The van der Waals surface area contributed by atoms with E-state index in [1.807, 2.05) is 49.4 Å². The minimum Gasteiger partial charge on any atom is -0.302 e. The third-order valence-electron chi connectivity index (χ3n) is 3.47. The molecule has 0 bridgehead atoms. The highest BCUT2D eigenvalue weighted by molar-refractivity contribution is 7.28. The van der Waals surface area contributed by atoms with Crippen molar-refractivity contribution in [2.75, 3.05) is 5.32 Å². The van der Waals surface area contributed by atoms with E-state index in [9.17, 15) is 4.79 Å². The summed E-state index contributed by atoms with van der Waals surface area (Å²) in [6.45, 7) is 2.00. The van der Waals surface area contributed by atoms with E-state index >= 15 is 0 Å². The first kappa shape index (κ1) is 14.3. The maximum absolute atomic E-state index is 12.2. The Hall–Kier alpha value is -2.31. The number of amides is 1. The molecule has 0 aliphatic carbocycles. The number of hydrogen-bond acceptors (Lipinski definition) is 5. The summed E-state index contributed by atoms with van der Waals surface area (Å²) in [4.78, 5) is 21.2. The van der Waals surface area contributed by atoms with Crippen LogP contribution in [0.4, 0.5) is 5.13 Å². The monoisotopic (exact) mass is 339 g/mol. The van der Waals surface area contributed by atoms with Gasteiger partial charge in [-0.25, -0.2) is 9.97 Å². The van der Waals surface area contributed by atoms with E-state index in [1.54, 1.807) is 11.3 Å². The number of carbonyl (C=O) groups is 1. The first-order chi connectivity index (χ1) is 11.2. The maximum atomic E-state index is 12.2. The first-order valence-electron chi connectivity index (χ1n) is 7.19. The number of nitrogens with zero attached hydrogens (tertiary/aromatic N) is 2. The fraction of sp³-hybridized carbons (Fsp3) is 0.118. The van der Waals surface area contributed by atoms with Crippen LogP contribution in [0.15, 0.2) is 42.5 Å². The summed E-state index contributed by atoms with van der Waals surface area (Å²) in [7, 11) is 0.